The molecular weight excluding hydrogens is 330 g/mol. The van der Waals surface area contributed by atoms with Crippen LogP contribution in [0, 0.1) is 19.8 Å². The van der Waals surface area contributed by atoms with Crippen molar-refractivity contribution in [3.63, 3.8) is 0 Å². The topological polar surface area (TPSA) is 69.2 Å². The molecule has 136 valence electrons. The van der Waals surface area contributed by atoms with E-state index in [9.17, 15) is 0 Å². The van der Waals surface area contributed by atoms with Gasteiger partial charge in [0.05, 0.1) is 24.3 Å². The molecule has 3 aromatic rings. The van der Waals surface area contributed by atoms with Crippen molar-refractivity contribution in [2.45, 2.75) is 33.5 Å². The van der Waals surface area contributed by atoms with Gasteiger partial charge in [0, 0.05) is 56.1 Å². The Hall–Kier alpha value is -2.67. The first-order chi connectivity index (χ1) is 12.7. The predicted molar refractivity (Wildman–Crippen MR) is 95.5 cm³/mol. The van der Waals surface area contributed by atoms with E-state index in [0.29, 0.717) is 18.4 Å². The van der Waals surface area contributed by atoms with Crippen LogP contribution in [0.1, 0.15) is 22.7 Å². The molecule has 1 aliphatic heterocycles. The highest BCUT2D eigenvalue weighted by molar-refractivity contribution is 5.21. The van der Waals surface area contributed by atoms with Gasteiger partial charge in [0.15, 0.2) is 0 Å². The minimum atomic E-state index is 0.341. The summed E-state index contributed by atoms with van der Waals surface area (Å²) >= 11 is 0. The van der Waals surface area contributed by atoms with E-state index in [1.54, 1.807) is 6.20 Å². The molecule has 0 radical (unpaired) electrons. The number of aryl methyl sites for hydroxylation is 2. The van der Waals surface area contributed by atoms with Crippen molar-refractivity contribution in [1.29, 1.82) is 0 Å². The third-order valence-corrected chi connectivity index (χ3v) is 4.82. The second-order valence-corrected chi connectivity index (χ2v) is 6.85. The quantitative estimate of drug-likeness (QED) is 0.702. The lowest BCUT2D eigenvalue weighted by molar-refractivity contribution is 0.164. The molecule has 0 aromatic carbocycles. The molecule has 3 aromatic heterocycles. The molecule has 1 unspecified atom stereocenters. The van der Waals surface area contributed by atoms with E-state index in [0.717, 1.165) is 37.6 Å². The van der Waals surface area contributed by atoms with Gasteiger partial charge in [0.1, 0.15) is 5.76 Å². The van der Waals surface area contributed by atoms with Crippen LogP contribution in [0.2, 0.25) is 0 Å². The highest BCUT2D eigenvalue weighted by Crippen LogP contribution is 2.22. The van der Waals surface area contributed by atoms with Crippen LogP contribution >= 0.6 is 0 Å². The zero-order valence-corrected chi connectivity index (χ0v) is 15.1. The van der Waals surface area contributed by atoms with Crippen LogP contribution in [-0.4, -0.2) is 37.7 Å². The number of aromatic nitrogens is 4. The standard InChI is InChI=1S/C19H23N5O2/c1-14-18(15(2)26-22-14)11-23-8-16(9-24-13-20-7-17(24)10-23)12-25-19-5-3-4-6-21-19/h3-7,13,16H,8-12H2,1-2H3. The maximum absolute atomic E-state index is 5.92. The molecule has 1 aliphatic rings. The first-order valence-electron chi connectivity index (χ1n) is 8.86. The Labute approximate surface area is 152 Å². The third-order valence-electron chi connectivity index (χ3n) is 4.82. The SMILES string of the molecule is Cc1noc(C)c1CN1Cc2cncn2CC(COc2ccccn2)C1. The number of nitrogens with zero attached hydrogens (tertiary/aromatic N) is 5. The van der Waals surface area contributed by atoms with Crippen LogP contribution in [0.3, 0.4) is 0 Å². The average molecular weight is 353 g/mol. The molecule has 0 saturated heterocycles. The number of hydrogen-bond acceptors (Lipinski definition) is 6. The number of rotatable bonds is 5. The summed E-state index contributed by atoms with van der Waals surface area (Å²) < 4.78 is 13.5. The lowest BCUT2D eigenvalue weighted by Gasteiger charge is -2.23. The van der Waals surface area contributed by atoms with Crippen LogP contribution in [0.25, 0.3) is 0 Å². The molecule has 0 bridgehead atoms. The van der Waals surface area contributed by atoms with Crippen LogP contribution in [0.5, 0.6) is 5.88 Å². The molecule has 4 rings (SSSR count). The average Bonchev–Trinajstić information content (AvgIpc) is 3.16. The smallest absolute Gasteiger partial charge is 0.213 e. The fourth-order valence-corrected chi connectivity index (χ4v) is 3.45. The van der Waals surface area contributed by atoms with Gasteiger partial charge in [-0.05, 0) is 19.9 Å². The zero-order chi connectivity index (χ0) is 17.9. The van der Waals surface area contributed by atoms with Crippen LogP contribution in [0.4, 0.5) is 0 Å². The Morgan fingerprint density at radius 1 is 1.27 bits per heavy atom. The number of fused-ring (bicyclic) bond motifs is 1. The summed E-state index contributed by atoms with van der Waals surface area (Å²) in [6.45, 7) is 8.07. The molecule has 0 aliphatic carbocycles. The van der Waals surface area contributed by atoms with Gasteiger partial charge in [-0.3, -0.25) is 4.90 Å². The number of pyridine rings is 1. The van der Waals surface area contributed by atoms with E-state index in [-0.39, 0.29) is 0 Å². The number of ether oxygens (including phenoxy) is 1. The lowest BCUT2D eigenvalue weighted by Crippen LogP contribution is -2.31. The Morgan fingerprint density at radius 3 is 2.96 bits per heavy atom. The maximum Gasteiger partial charge on any atom is 0.213 e. The van der Waals surface area contributed by atoms with E-state index in [1.165, 1.54) is 11.3 Å². The zero-order valence-electron chi connectivity index (χ0n) is 15.1. The molecule has 0 N–H and O–H groups in total. The van der Waals surface area contributed by atoms with E-state index in [1.807, 2.05) is 44.6 Å². The largest absolute Gasteiger partial charge is 0.477 e. The molecule has 7 heteroatoms. The van der Waals surface area contributed by atoms with Crippen molar-refractivity contribution >= 4 is 0 Å². The fraction of sp³-hybridized carbons (Fsp3) is 0.421. The van der Waals surface area contributed by atoms with Gasteiger partial charge in [-0.1, -0.05) is 11.2 Å². The van der Waals surface area contributed by atoms with E-state index >= 15 is 0 Å². The summed E-state index contributed by atoms with van der Waals surface area (Å²) in [5.74, 6) is 1.90. The van der Waals surface area contributed by atoms with Gasteiger partial charge in [-0.15, -0.1) is 0 Å². The second kappa shape index (κ2) is 7.29. The molecule has 26 heavy (non-hydrogen) atoms. The maximum atomic E-state index is 5.92. The Morgan fingerprint density at radius 2 is 2.19 bits per heavy atom. The van der Waals surface area contributed by atoms with Crippen LogP contribution in [0.15, 0.2) is 41.4 Å². The van der Waals surface area contributed by atoms with Crippen LogP contribution < -0.4 is 4.74 Å². The summed E-state index contributed by atoms with van der Waals surface area (Å²) in [7, 11) is 0. The molecule has 0 amide bonds. The van der Waals surface area contributed by atoms with Crippen LogP contribution in [-0.2, 0) is 19.6 Å². The lowest BCUT2D eigenvalue weighted by atomic mass is 10.1. The number of hydrogen-bond donors (Lipinski definition) is 0. The summed E-state index contributed by atoms with van der Waals surface area (Å²) in [6.07, 6.45) is 5.60. The van der Waals surface area contributed by atoms with Gasteiger partial charge in [-0.25, -0.2) is 9.97 Å². The van der Waals surface area contributed by atoms with Gasteiger partial charge >= 0.3 is 0 Å². The summed E-state index contributed by atoms with van der Waals surface area (Å²) in [5.41, 5.74) is 3.35. The first kappa shape index (κ1) is 16.8. The third kappa shape index (κ3) is 3.62. The highest BCUT2D eigenvalue weighted by atomic mass is 16.5. The van der Waals surface area contributed by atoms with E-state index in [4.69, 9.17) is 9.26 Å². The van der Waals surface area contributed by atoms with Crippen molar-refractivity contribution in [2.75, 3.05) is 13.2 Å². The van der Waals surface area contributed by atoms with Gasteiger partial charge in [0.2, 0.25) is 5.88 Å². The molecule has 0 saturated carbocycles. The highest BCUT2D eigenvalue weighted by Gasteiger charge is 2.24. The molecular formula is C19H23N5O2. The van der Waals surface area contributed by atoms with Gasteiger partial charge < -0.3 is 13.8 Å². The van der Waals surface area contributed by atoms with Gasteiger partial charge in [0.25, 0.3) is 0 Å². The first-order valence-corrected chi connectivity index (χ1v) is 8.86. The summed E-state index contributed by atoms with van der Waals surface area (Å²) in [5, 5.41) is 4.08. The van der Waals surface area contributed by atoms with Gasteiger partial charge in [-0.2, -0.15) is 0 Å². The molecule has 0 fully saturated rings. The van der Waals surface area contributed by atoms with Crippen molar-refractivity contribution in [3.8, 4) is 5.88 Å². The molecule has 4 heterocycles. The Bertz CT molecular complexity index is 838. The predicted octanol–water partition coefficient (Wildman–Crippen LogP) is 2.59. The van der Waals surface area contributed by atoms with E-state index in [2.05, 4.69) is 24.6 Å². The minimum absolute atomic E-state index is 0.341. The molecule has 0 spiro atoms. The van der Waals surface area contributed by atoms with Crippen molar-refractivity contribution < 1.29 is 9.26 Å². The Kier molecular flexibility index (Phi) is 4.71. The monoisotopic (exact) mass is 353 g/mol. The normalized spacial score (nSPS) is 17.7. The molecule has 7 nitrogen and oxygen atoms in total. The van der Waals surface area contributed by atoms with Crippen molar-refractivity contribution in [3.05, 3.63) is 59.6 Å². The summed E-state index contributed by atoms with van der Waals surface area (Å²) in [6, 6.07) is 5.72. The molecule has 1 atom stereocenters. The van der Waals surface area contributed by atoms with Crippen molar-refractivity contribution in [1.82, 2.24) is 24.6 Å². The summed E-state index contributed by atoms with van der Waals surface area (Å²) in [4.78, 5) is 11.0. The number of imidazole rings is 1. The minimum Gasteiger partial charge on any atom is -0.477 e. The van der Waals surface area contributed by atoms with E-state index < -0.39 is 0 Å². The van der Waals surface area contributed by atoms with Crippen molar-refractivity contribution in [2.24, 2.45) is 5.92 Å². The fourth-order valence-electron chi connectivity index (χ4n) is 3.45. The Balaban J connectivity index is 1.50. The second-order valence-electron chi connectivity index (χ2n) is 6.85.